The van der Waals surface area contributed by atoms with Gasteiger partial charge in [-0.3, -0.25) is 19.5 Å². The molecule has 3 aromatic rings. The molecule has 0 radical (unpaired) electrons. The molecule has 1 fully saturated rings. The van der Waals surface area contributed by atoms with E-state index in [-0.39, 0.29) is 23.2 Å². The standard InChI is InChI=1S/C26H31N5O3/c1-17(22-14-23(29-28-22)18-10-6-4-7-11-18)30(3)26(34)21-16-31(19-12-8-5-9-13-19)15-20(24(21)32)25(33)27-2/h4,6-7,10-11,14-17,19H,5,8-9,12-13H2,1-3H3,(H,27,33)(H,28,29)/t17-/m1/s1. The molecule has 0 aliphatic heterocycles. The van der Waals surface area contributed by atoms with Crippen molar-refractivity contribution in [1.82, 2.24) is 25.0 Å². The zero-order valence-electron chi connectivity index (χ0n) is 19.9. The highest BCUT2D eigenvalue weighted by molar-refractivity contribution is 5.99. The molecule has 2 heterocycles. The number of benzene rings is 1. The number of hydrogen-bond donors (Lipinski definition) is 2. The van der Waals surface area contributed by atoms with E-state index in [1.54, 1.807) is 19.4 Å². The molecule has 34 heavy (non-hydrogen) atoms. The number of nitrogens with one attached hydrogen (secondary N) is 2. The van der Waals surface area contributed by atoms with E-state index in [1.165, 1.54) is 18.4 Å². The van der Waals surface area contributed by atoms with Gasteiger partial charge in [-0.15, -0.1) is 0 Å². The molecule has 0 unspecified atom stereocenters. The van der Waals surface area contributed by atoms with Crippen molar-refractivity contribution in [1.29, 1.82) is 0 Å². The monoisotopic (exact) mass is 461 g/mol. The molecule has 1 aliphatic rings. The summed E-state index contributed by atoms with van der Waals surface area (Å²) in [5, 5.41) is 9.92. The third-order valence-electron chi connectivity index (χ3n) is 6.76. The molecular weight excluding hydrogens is 430 g/mol. The first kappa shape index (κ1) is 23.5. The van der Waals surface area contributed by atoms with Gasteiger partial charge in [0, 0.05) is 38.1 Å². The molecule has 8 heteroatoms. The third-order valence-corrected chi connectivity index (χ3v) is 6.76. The van der Waals surface area contributed by atoms with Crippen LogP contribution in [0.25, 0.3) is 11.3 Å². The van der Waals surface area contributed by atoms with Gasteiger partial charge in [0.25, 0.3) is 11.8 Å². The Kier molecular flexibility index (Phi) is 6.95. The van der Waals surface area contributed by atoms with E-state index < -0.39 is 17.2 Å². The van der Waals surface area contributed by atoms with Gasteiger partial charge >= 0.3 is 0 Å². The fourth-order valence-corrected chi connectivity index (χ4v) is 4.52. The summed E-state index contributed by atoms with van der Waals surface area (Å²) >= 11 is 0. The number of pyridine rings is 1. The van der Waals surface area contributed by atoms with E-state index in [0.717, 1.165) is 42.6 Å². The Labute approximate surface area is 199 Å². The highest BCUT2D eigenvalue weighted by Gasteiger charge is 2.27. The van der Waals surface area contributed by atoms with E-state index in [2.05, 4.69) is 15.5 Å². The van der Waals surface area contributed by atoms with E-state index in [0.29, 0.717) is 0 Å². The van der Waals surface area contributed by atoms with Gasteiger partial charge in [-0.05, 0) is 25.8 Å². The lowest BCUT2D eigenvalue weighted by Crippen LogP contribution is -2.37. The Balaban J connectivity index is 1.65. The molecule has 4 rings (SSSR count). The molecule has 1 aliphatic carbocycles. The minimum atomic E-state index is -0.551. The average Bonchev–Trinajstić information content (AvgIpc) is 3.38. The number of H-pyrrole nitrogens is 1. The van der Waals surface area contributed by atoms with Crippen molar-refractivity contribution in [3.63, 3.8) is 0 Å². The Morgan fingerprint density at radius 2 is 1.79 bits per heavy atom. The Hall–Kier alpha value is -3.68. The van der Waals surface area contributed by atoms with Gasteiger partial charge in [-0.1, -0.05) is 49.6 Å². The predicted octanol–water partition coefficient (Wildman–Crippen LogP) is 3.94. The Bertz CT molecular complexity index is 1220. The summed E-state index contributed by atoms with van der Waals surface area (Å²) in [6.45, 7) is 1.88. The van der Waals surface area contributed by atoms with Crippen LogP contribution in [-0.2, 0) is 0 Å². The van der Waals surface area contributed by atoms with E-state index in [4.69, 9.17) is 0 Å². The SMILES string of the molecule is CNC(=O)c1cn(C2CCCCC2)cc(C(=O)N(C)[C@H](C)c2cc(-c3ccccc3)n[nH]2)c1=O. The smallest absolute Gasteiger partial charge is 0.259 e. The van der Waals surface area contributed by atoms with Gasteiger partial charge in [0.1, 0.15) is 11.1 Å². The number of carbonyl (C=O) groups excluding carboxylic acids is 2. The average molecular weight is 462 g/mol. The number of carbonyl (C=O) groups is 2. The normalized spacial score (nSPS) is 15.0. The van der Waals surface area contributed by atoms with Crippen molar-refractivity contribution < 1.29 is 9.59 Å². The fraction of sp³-hybridized carbons (Fsp3) is 0.385. The zero-order valence-corrected chi connectivity index (χ0v) is 19.9. The maximum absolute atomic E-state index is 13.5. The van der Waals surface area contributed by atoms with Crippen LogP contribution in [0.1, 0.15) is 77.5 Å². The maximum Gasteiger partial charge on any atom is 0.259 e. The molecule has 0 saturated heterocycles. The second kappa shape index (κ2) is 10.1. The van der Waals surface area contributed by atoms with Crippen molar-refractivity contribution in [3.05, 3.63) is 75.8 Å². The largest absolute Gasteiger partial charge is 0.355 e. The number of amides is 2. The summed E-state index contributed by atoms with van der Waals surface area (Å²) < 4.78 is 1.89. The second-order valence-corrected chi connectivity index (χ2v) is 8.90. The highest BCUT2D eigenvalue weighted by atomic mass is 16.2. The van der Waals surface area contributed by atoms with Gasteiger partial charge in [-0.25, -0.2) is 0 Å². The first-order chi connectivity index (χ1) is 16.4. The van der Waals surface area contributed by atoms with E-state index in [1.807, 2.05) is 47.9 Å². The molecule has 2 amide bonds. The second-order valence-electron chi connectivity index (χ2n) is 8.90. The van der Waals surface area contributed by atoms with Crippen LogP contribution in [0.5, 0.6) is 0 Å². The molecule has 1 atom stereocenters. The minimum Gasteiger partial charge on any atom is -0.355 e. The molecule has 0 spiro atoms. The van der Waals surface area contributed by atoms with Crippen LogP contribution in [-0.4, -0.2) is 45.6 Å². The van der Waals surface area contributed by atoms with Crippen LogP contribution in [0.4, 0.5) is 0 Å². The molecule has 8 nitrogen and oxygen atoms in total. The lowest BCUT2D eigenvalue weighted by Gasteiger charge is -2.27. The highest BCUT2D eigenvalue weighted by Crippen LogP contribution is 2.29. The van der Waals surface area contributed by atoms with Crippen LogP contribution in [0, 0.1) is 0 Å². The lowest BCUT2D eigenvalue weighted by molar-refractivity contribution is 0.0737. The lowest BCUT2D eigenvalue weighted by atomic mass is 9.95. The molecular formula is C26H31N5O3. The quantitative estimate of drug-likeness (QED) is 0.581. The zero-order chi connectivity index (χ0) is 24.2. The summed E-state index contributed by atoms with van der Waals surface area (Å²) in [5.74, 6) is -0.912. The number of hydrogen-bond acceptors (Lipinski definition) is 4. The van der Waals surface area contributed by atoms with Gasteiger partial charge in [0.2, 0.25) is 5.43 Å². The van der Waals surface area contributed by atoms with E-state index in [9.17, 15) is 14.4 Å². The number of rotatable bonds is 6. The Morgan fingerprint density at radius 3 is 2.47 bits per heavy atom. The topological polar surface area (TPSA) is 100 Å². The summed E-state index contributed by atoms with van der Waals surface area (Å²) in [6, 6.07) is 11.5. The predicted molar refractivity (Wildman–Crippen MR) is 131 cm³/mol. The van der Waals surface area contributed by atoms with Crippen LogP contribution in [0.2, 0.25) is 0 Å². The molecule has 1 aromatic carbocycles. The van der Waals surface area contributed by atoms with Gasteiger partial charge in [0.05, 0.1) is 17.4 Å². The van der Waals surface area contributed by atoms with Crippen molar-refractivity contribution >= 4 is 11.8 Å². The van der Waals surface area contributed by atoms with Crippen molar-refractivity contribution in [2.24, 2.45) is 0 Å². The van der Waals surface area contributed by atoms with Crippen LogP contribution in [0.3, 0.4) is 0 Å². The third kappa shape index (κ3) is 4.66. The number of aromatic nitrogens is 3. The van der Waals surface area contributed by atoms with Crippen LogP contribution < -0.4 is 10.7 Å². The molecule has 0 bridgehead atoms. The number of nitrogens with zero attached hydrogens (tertiary/aromatic N) is 3. The van der Waals surface area contributed by atoms with Gasteiger partial charge in [0.15, 0.2) is 0 Å². The van der Waals surface area contributed by atoms with E-state index >= 15 is 0 Å². The minimum absolute atomic E-state index is 0.00354. The summed E-state index contributed by atoms with van der Waals surface area (Å²) in [7, 11) is 3.14. The summed E-state index contributed by atoms with van der Waals surface area (Å²) in [6.07, 6.45) is 8.52. The Morgan fingerprint density at radius 1 is 1.12 bits per heavy atom. The molecule has 2 aromatic heterocycles. The van der Waals surface area contributed by atoms with Crippen molar-refractivity contribution in [3.8, 4) is 11.3 Å². The summed E-state index contributed by atoms with van der Waals surface area (Å²) in [5.41, 5.74) is 1.95. The first-order valence-electron chi connectivity index (χ1n) is 11.8. The van der Waals surface area contributed by atoms with Crippen molar-refractivity contribution in [2.75, 3.05) is 14.1 Å². The molecule has 178 valence electrons. The van der Waals surface area contributed by atoms with Gasteiger partial charge in [-0.2, -0.15) is 5.10 Å². The summed E-state index contributed by atoms with van der Waals surface area (Å²) in [4.78, 5) is 40.6. The number of aromatic amines is 1. The van der Waals surface area contributed by atoms with Crippen LogP contribution in [0.15, 0.2) is 53.6 Å². The maximum atomic E-state index is 13.5. The first-order valence-corrected chi connectivity index (χ1v) is 11.8. The van der Waals surface area contributed by atoms with Crippen LogP contribution >= 0.6 is 0 Å². The molecule has 1 saturated carbocycles. The molecule has 2 N–H and O–H groups in total. The van der Waals surface area contributed by atoms with Crippen molar-refractivity contribution in [2.45, 2.75) is 51.1 Å². The fourth-order valence-electron chi connectivity index (χ4n) is 4.52. The van der Waals surface area contributed by atoms with Gasteiger partial charge < -0.3 is 14.8 Å².